The molecule has 24 heavy (non-hydrogen) atoms. The average molecular weight is 389 g/mol. The van der Waals surface area contributed by atoms with Crippen molar-refractivity contribution in [2.75, 3.05) is 24.8 Å². The summed E-state index contributed by atoms with van der Waals surface area (Å²) in [5.74, 6) is 0.795. The molecule has 1 amide bonds. The summed E-state index contributed by atoms with van der Waals surface area (Å²) in [7, 11) is 0. The van der Waals surface area contributed by atoms with E-state index in [9.17, 15) is 14.9 Å². The van der Waals surface area contributed by atoms with Crippen LogP contribution in [0.25, 0.3) is 0 Å². The predicted molar refractivity (Wildman–Crippen MR) is 92.4 cm³/mol. The number of carbonyl (C=O) groups excluding carboxylic acids is 1. The summed E-state index contributed by atoms with van der Waals surface area (Å²) in [5, 5.41) is 10.9. The van der Waals surface area contributed by atoms with E-state index in [0.29, 0.717) is 24.2 Å². The summed E-state index contributed by atoms with van der Waals surface area (Å²) in [6.07, 6.45) is -0.580. The molecule has 0 aliphatic heterocycles. The highest BCUT2D eigenvalue weighted by molar-refractivity contribution is 6.18. The molecule has 0 fully saturated rings. The lowest BCUT2D eigenvalue weighted by Gasteiger charge is -2.20. The maximum absolute atomic E-state index is 12.0. The van der Waals surface area contributed by atoms with Crippen LogP contribution in [0, 0.1) is 24.0 Å². The minimum absolute atomic E-state index is 0. The molecule has 0 atom stereocenters. The number of ether oxygens (including phenoxy) is 1. The van der Waals surface area contributed by atoms with Crippen LogP contribution in [-0.4, -0.2) is 57.2 Å². The van der Waals surface area contributed by atoms with Crippen LogP contribution in [0.1, 0.15) is 11.1 Å². The van der Waals surface area contributed by atoms with Crippen LogP contribution in [-0.2, 0) is 0 Å². The molecular formula is C13H22Cl2N2O7. The van der Waals surface area contributed by atoms with E-state index in [4.69, 9.17) is 27.9 Å². The Bertz CT molecular complexity index is 514. The van der Waals surface area contributed by atoms with Crippen molar-refractivity contribution in [3.63, 3.8) is 0 Å². The van der Waals surface area contributed by atoms with E-state index in [-0.39, 0.29) is 39.6 Å². The van der Waals surface area contributed by atoms with Crippen molar-refractivity contribution < 1.29 is 30.9 Å². The highest BCUT2D eigenvalue weighted by atomic mass is 35.5. The van der Waals surface area contributed by atoms with Crippen molar-refractivity contribution in [3.8, 4) is 5.75 Å². The second-order valence-electron chi connectivity index (χ2n) is 4.40. The Balaban J connectivity index is -0.00000147. The monoisotopic (exact) mass is 388 g/mol. The van der Waals surface area contributed by atoms with E-state index in [2.05, 4.69) is 0 Å². The highest BCUT2D eigenvalue weighted by Gasteiger charge is 2.19. The number of nitro groups is 1. The standard InChI is InChI=1S/C13H16Cl2N2O4.3H2O/c1-9-7-11(8-10(2)12(9)17(19)20)21-13(18)16(5-3-14)6-4-15;;;/h7-8H,3-6H2,1-2H3;3*1H2. The van der Waals surface area contributed by atoms with Crippen LogP contribution in [0.4, 0.5) is 10.5 Å². The normalized spacial score (nSPS) is 9.00. The van der Waals surface area contributed by atoms with Gasteiger partial charge in [-0.15, -0.1) is 23.2 Å². The largest absolute Gasteiger partial charge is 0.415 e. The van der Waals surface area contributed by atoms with E-state index in [1.165, 1.54) is 17.0 Å². The van der Waals surface area contributed by atoms with Gasteiger partial charge in [0.1, 0.15) is 5.75 Å². The maximum Gasteiger partial charge on any atom is 0.415 e. The second kappa shape index (κ2) is 12.7. The fourth-order valence-electron chi connectivity index (χ4n) is 1.93. The lowest BCUT2D eigenvalue weighted by Crippen LogP contribution is -2.36. The van der Waals surface area contributed by atoms with E-state index >= 15 is 0 Å². The van der Waals surface area contributed by atoms with Gasteiger partial charge in [-0.1, -0.05) is 0 Å². The van der Waals surface area contributed by atoms with Crippen LogP contribution in [0.3, 0.4) is 0 Å². The number of rotatable bonds is 6. The Labute approximate surface area is 149 Å². The summed E-state index contributed by atoms with van der Waals surface area (Å²) in [6.45, 7) is 3.83. The Morgan fingerprint density at radius 3 is 1.88 bits per heavy atom. The van der Waals surface area contributed by atoms with E-state index < -0.39 is 11.0 Å². The number of alkyl halides is 2. The fourth-order valence-corrected chi connectivity index (χ4v) is 2.33. The van der Waals surface area contributed by atoms with Crippen molar-refractivity contribution in [3.05, 3.63) is 33.4 Å². The summed E-state index contributed by atoms with van der Waals surface area (Å²) >= 11 is 11.2. The number of carbonyl (C=O) groups is 1. The molecule has 0 spiro atoms. The third-order valence-corrected chi connectivity index (χ3v) is 3.16. The molecular weight excluding hydrogens is 367 g/mol. The van der Waals surface area contributed by atoms with E-state index in [0.717, 1.165) is 0 Å². The van der Waals surface area contributed by atoms with Gasteiger partial charge in [0, 0.05) is 36.0 Å². The Morgan fingerprint density at radius 2 is 1.54 bits per heavy atom. The van der Waals surface area contributed by atoms with Crippen LogP contribution >= 0.6 is 23.2 Å². The van der Waals surface area contributed by atoms with Crippen molar-refractivity contribution in [2.24, 2.45) is 0 Å². The van der Waals surface area contributed by atoms with Crippen molar-refractivity contribution in [2.45, 2.75) is 13.8 Å². The molecule has 6 N–H and O–H groups in total. The summed E-state index contributed by atoms with van der Waals surface area (Å²) < 4.78 is 5.23. The fraction of sp³-hybridized carbons (Fsp3) is 0.462. The molecule has 1 aromatic rings. The maximum atomic E-state index is 12.0. The van der Waals surface area contributed by atoms with Crippen LogP contribution < -0.4 is 4.74 Å². The van der Waals surface area contributed by atoms with Crippen molar-refractivity contribution >= 4 is 35.0 Å². The molecule has 0 unspecified atom stereocenters. The lowest BCUT2D eigenvalue weighted by atomic mass is 10.1. The van der Waals surface area contributed by atoms with Crippen molar-refractivity contribution in [1.29, 1.82) is 0 Å². The molecule has 11 heteroatoms. The topological polar surface area (TPSA) is 167 Å². The van der Waals surface area contributed by atoms with Gasteiger partial charge in [-0.2, -0.15) is 0 Å². The van der Waals surface area contributed by atoms with Gasteiger partial charge in [0.15, 0.2) is 0 Å². The molecule has 1 rings (SSSR count). The molecule has 0 aliphatic carbocycles. The molecule has 0 aromatic heterocycles. The van der Waals surface area contributed by atoms with Crippen LogP contribution in [0.15, 0.2) is 12.1 Å². The Morgan fingerprint density at radius 1 is 1.12 bits per heavy atom. The highest BCUT2D eigenvalue weighted by Crippen LogP contribution is 2.28. The molecule has 0 aliphatic rings. The third kappa shape index (κ3) is 7.28. The lowest BCUT2D eigenvalue weighted by molar-refractivity contribution is -0.386. The van der Waals surface area contributed by atoms with Gasteiger partial charge in [-0.05, 0) is 26.0 Å². The number of benzene rings is 1. The van der Waals surface area contributed by atoms with Crippen LogP contribution in [0.2, 0.25) is 0 Å². The van der Waals surface area contributed by atoms with Crippen LogP contribution in [0.5, 0.6) is 5.75 Å². The molecule has 140 valence electrons. The summed E-state index contributed by atoms with van der Waals surface area (Å²) in [4.78, 5) is 23.8. The molecule has 0 heterocycles. The third-order valence-electron chi connectivity index (χ3n) is 2.82. The van der Waals surface area contributed by atoms with Gasteiger partial charge in [-0.25, -0.2) is 4.79 Å². The van der Waals surface area contributed by atoms with E-state index in [1.807, 2.05) is 0 Å². The Hall–Kier alpha value is -1.65. The average Bonchev–Trinajstić information content (AvgIpc) is 2.36. The molecule has 0 radical (unpaired) electrons. The first-order valence-electron chi connectivity index (χ1n) is 6.25. The zero-order valence-electron chi connectivity index (χ0n) is 13.3. The SMILES string of the molecule is Cc1cc(OC(=O)N(CCCl)CCCl)cc(C)c1[N+](=O)[O-].O.O.O. The van der Waals surface area contributed by atoms with Gasteiger partial charge in [0.2, 0.25) is 0 Å². The van der Waals surface area contributed by atoms with Gasteiger partial charge >= 0.3 is 6.09 Å². The number of halogens is 2. The zero-order chi connectivity index (χ0) is 16.0. The first kappa shape index (κ1) is 27.2. The predicted octanol–water partition coefficient (Wildman–Crippen LogP) is 1.02. The minimum Gasteiger partial charge on any atom is -0.412 e. The molecule has 1 aromatic carbocycles. The van der Waals surface area contributed by atoms with Crippen molar-refractivity contribution in [1.82, 2.24) is 4.90 Å². The van der Waals surface area contributed by atoms with Gasteiger partial charge in [0.05, 0.1) is 4.92 Å². The first-order valence-corrected chi connectivity index (χ1v) is 7.32. The number of nitro benzene ring substituents is 1. The van der Waals surface area contributed by atoms with Gasteiger partial charge in [0.25, 0.3) is 5.69 Å². The first-order chi connectivity index (χ1) is 9.90. The number of hydrogen-bond acceptors (Lipinski definition) is 4. The molecule has 0 saturated heterocycles. The summed E-state index contributed by atoms with van der Waals surface area (Å²) in [5.41, 5.74) is 0.890. The number of hydrogen-bond donors (Lipinski definition) is 0. The number of nitrogens with zero attached hydrogens (tertiary/aromatic N) is 2. The summed E-state index contributed by atoms with van der Waals surface area (Å²) in [6, 6.07) is 2.92. The van der Waals surface area contributed by atoms with Gasteiger partial charge < -0.3 is 26.1 Å². The smallest absolute Gasteiger partial charge is 0.412 e. The molecule has 0 bridgehead atoms. The van der Waals surface area contributed by atoms with E-state index in [1.54, 1.807) is 13.8 Å². The number of aryl methyl sites for hydroxylation is 2. The quantitative estimate of drug-likeness (QED) is 0.402. The van der Waals surface area contributed by atoms with Gasteiger partial charge in [-0.3, -0.25) is 10.1 Å². The molecule has 0 saturated carbocycles. The Kier molecular flexibility index (Phi) is 14.4. The zero-order valence-corrected chi connectivity index (χ0v) is 14.8. The second-order valence-corrected chi connectivity index (χ2v) is 5.15. The number of amides is 1. The molecule has 9 nitrogen and oxygen atoms in total. The minimum atomic E-state index is -0.580.